The molecule has 1 aliphatic rings. The molecule has 1 heterocycles. The molecular weight excluding hydrogens is 246 g/mol. The highest BCUT2D eigenvalue weighted by molar-refractivity contribution is 6.62. The first-order chi connectivity index (χ1) is 8.86. The van der Waals surface area contributed by atoms with Crippen molar-refractivity contribution in [3.8, 4) is 5.75 Å². The first-order valence-corrected chi connectivity index (χ1v) is 6.50. The molecule has 0 bridgehead atoms. The number of benzene rings is 1. The lowest BCUT2D eigenvalue weighted by Crippen LogP contribution is -2.41. The van der Waals surface area contributed by atoms with E-state index in [0.717, 1.165) is 5.46 Å². The summed E-state index contributed by atoms with van der Waals surface area (Å²) in [5.41, 5.74) is 0.244. The van der Waals surface area contributed by atoms with Crippen molar-refractivity contribution in [1.29, 1.82) is 0 Å². The summed E-state index contributed by atoms with van der Waals surface area (Å²) in [7, 11) is -0.375. The lowest BCUT2D eigenvalue weighted by molar-refractivity contribution is 0.00578. The Morgan fingerprint density at radius 3 is 2.05 bits per heavy atom. The lowest BCUT2D eigenvalue weighted by atomic mass is 9.79. The minimum absolute atomic E-state index is 0.0792. The van der Waals surface area contributed by atoms with E-state index in [0.29, 0.717) is 5.75 Å². The fraction of sp³-hybridized carbons (Fsp3) is 0.571. The second-order valence-corrected chi connectivity index (χ2v) is 5.69. The maximum absolute atomic E-state index is 12.0. The van der Waals surface area contributed by atoms with Crippen LogP contribution in [0.25, 0.3) is 0 Å². The molecule has 0 saturated carbocycles. The Balaban J connectivity index is 2.08. The van der Waals surface area contributed by atoms with Crippen molar-refractivity contribution in [2.75, 3.05) is 13.3 Å². The lowest BCUT2D eigenvalue weighted by Gasteiger charge is -2.32. The summed E-state index contributed by atoms with van der Waals surface area (Å²) in [5.74, 6) is 0.651. The first kappa shape index (κ1) is 14.3. The van der Waals surface area contributed by atoms with Crippen LogP contribution < -0.4 is 10.2 Å². The summed E-state index contributed by atoms with van der Waals surface area (Å²) in [6.07, 6.45) is 0. The van der Waals surface area contributed by atoms with E-state index < -0.39 is 6.67 Å². The van der Waals surface area contributed by atoms with Crippen molar-refractivity contribution in [3.63, 3.8) is 0 Å². The molecule has 0 atom stereocenters. The van der Waals surface area contributed by atoms with Gasteiger partial charge in [-0.05, 0) is 45.3 Å². The molecule has 2 rings (SSSR count). The van der Waals surface area contributed by atoms with Crippen LogP contribution in [0.5, 0.6) is 5.75 Å². The molecule has 1 fully saturated rings. The molecule has 0 radical (unpaired) electrons. The van der Waals surface area contributed by atoms with E-state index in [1.807, 2.05) is 39.8 Å². The van der Waals surface area contributed by atoms with E-state index in [1.165, 1.54) is 0 Å². The van der Waals surface area contributed by atoms with Crippen molar-refractivity contribution >= 4 is 12.6 Å². The van der Waals surface area contributed by atoms with E-state index in [2.05, 4.69) is 0 Å². The Morgan fingerprint density at radius 1 is 1.05 bits per heavy atom. The van der Waals surface area contributed by atoms with Gasteiger partial charge in [-0.3, -0.25) is 0 Å². The van der Waals surface area contributed by atoms with Crippen LogP contribution in [-0.4, -0.2) is 31.6 Å². The number of hydrogen-bond donors (Lipinski definition) is 0. The Kier molecular flexibility index (Phi) is 3.88. The van der Waals surface area contributed by atoms with Crippen LogP contribution in [-0.2, 0) is 9.31 Å². The first-order valence-electron chi connectivity index (χ1n) is 6.50. The van der Waals surface area contributed by atoms with Crippen molar-refractivity contribution in [3.05, 3.63) is 24.3 Å². The van der Waals surface area contributed by atoms with Gasteiger partial charge in [-0.2, -0.15) is 0 Å². The number of halogens is 1. The van der Waals surface area contributed by atoms with Crippen LogP contribution in [0.3, 0.4) is 0 Å². The quantitative estimate of drug-likeness (QED) is 0.783. The van der Waals surface area contributed by atoms with Crippen LogP contribution in [0.1, 0.15) is 27.7 Å². The van der Waals surface area contributed by atoms with Gasteiger partial charge >= 0.3 is 7.12 Å². The molecule has 1 saturated heterocycles. The van der Waals surface area contributed by atoms with Crippen molar-refractivity contribution in [2.45, 2.75) is 38.9 Å². The van der Waals surface area contributed by atoms with Gasteiger partial charge in [-0.15, -0.1) is 0 Å². The van der Waals surface area contributed by atoms with Crippen molar-refractivity contribution in [2.24, 2.45) is 0 Å². The molecule has 0 aromatic heterocycles. The van der Waals surface area contributed by atoms with Crippen molar-refractivity contribution < 1.29 is 18.4 Å². The minimum atomic E-state index is -0.487. The molecule has 1 aromatic carbocycles. The summed E-state index contributed by atoms with van der Waals surface area (Å²) >= 11 is 0. The Bertz CT molecular complexity index is 415. The molecule has 0 unspecified atom stereocenters. The van der Waals surface area contributed by atoms with Gasteiger partial charge in [0.1, 0.15) is 19.0 Å². The SMILES string of the molecule is CC1(C)OB(c2ccc(OCCF)cc2)OC1(C)C. The van der Waals surface area contributed by atoms with E-state index in [9.17, 15) is 4.39 Å². The maximum atomic E-state index is 12.0. The molecule has 0 spiro atoms. The number of rotatable bonds is 4. The smallest absolute Gasteiger partial charge is 0.491 e. The van der Waals surface area contributed by atoms with E-state index in [-0.39, 0.29) is 24.9 Å². The molecule has 104 valence electrons. The molecule has 0 N–H and O–H groups in total. The predicted octanol–water partition coefficient (Wildman–Crippen LogP) is 2.33. The van der Waals surface area contributed by atoms with Gasteiger partial charge < -0.3 is 14.0 Å². The van der Waals surface area contributed by atoms with Gasteiger partial charge in [-0.1, -0.05) is 12.1 Å². The maximum Gasteiger partial charge on any atom is 0.494 e. The van der Waals surface area contributed by atoms with Crippen LogP contribution in [0, 0.1) is 0 Å². The van der Waals surface area contributed by atoms with Gasteiger partial charge in [-0.25, -0.2) is 4.39 Å². The fourth-order valence-corrected chi connectivity index (χ4v) is 1.86. The van der Waals surface area contributed by atoms with Crippen LogP contribution in [0.2, 0.25) is 0 Å². The summed E-state index contributed by atoms with van der Waals surface area (Å²) < 4.78 is 29.1. The van der Waals surface area contributed by atoms with E-state index >= 15 is 0 Å². The standard InChI is InChI=1S/C14H20BFO3/c1-13(2)14(3,4)19-15(18-13)11-5-7-12(8-6-11)17-10-9-16/h5-8H,9-10H2,1-4H3. The van der Waals surface area contributed by atoms with Gasteiger partial charge in [0.25, 0.3) is 0 Å². The zero-order valence-corrected chi connectivity index (χ0v) is 11.9. The van der Waals surface area contributed by atoms with Crippen LogP contribution >= 0.6 is 0 Å². The number of alkyl halides is 1. The van der Waals surface area contributed by atoms with E-state index in [4.69, 9.17) is 14.0 Å². The third-order valence-electron chi connectivity index (χ3n) is 3.75. The van der Waals surface area contributed by atoms with Gasteiger partial charge in [0.15, 0.2) is 0 Å². The van der Waals surface area contributed by atoms with Gasteiger partial charge in [0.2, 0.25) is 0 Å². The average molecular weight is 266 g/mol. The molecule has 19 heavy (non-hydrogen) atoms. The van der Waals surface area contributed by atoms with Crippen molar-refractivity contribution in [1.82, 2.24) is 0 Å². The molecule has 0 aliphatic carbocycles. The molecule has 1 aliphatic heterocycles. The van der Waals surface area contributed by atoms with Gasteiger partial charge in [0.05, 0.1) is 11.2 Å². The summed E-state index contributed by atoms with van der Waals surface area (Å²) in [4.78, 5) is 0. The minimum Gasteiger partial charge on any atom is -0.491 e. The third-order valence-corrected chi connectivity index (χ3v) is 3.75. The third kappa shape index (κ3) is 2.93. The molecule has 1 aromatic rings. The topological polar surface area (TPSA) is 27.7 Å². The highest BCUT2D eigenvalue weighted by Crippen LogP contribution is 2.36. The zero-order valence-electron chi connectivity index (χ0n) is 11.9. The molecule has 5 heteroatoms. The fourth-order valence-electron chi connectivity index (χ4n) is 1.86. The zero-order chi connectivity index (χ0) is 14.1. The van der Waals surface area contributed by atoms with Crippen LogP contribution in [0.4, 0.5) is 4.39 Å². The Labute approximate surface area is 114 Å². The predicted molar refractivity (Wildman–Crippen MR) is 73.6 cm³/mol. The van der Waals surface area contributed by atoms with Gasteiger partial charge in [0, 0.05) is 0 Å². The highest BCUT2D eigenvalue weighted by atomic mass is 19.1. The average Bonchev–Trinajstić information content (AvgIpc) is 2.56. The van der Waals surface area contributed by atoms with Crippen LogP contribution in [0.15, 0.2) is 24.3 Å². The van der Waals surface area contributed by atoms with E-state index in [1.54, 1.807) is 12.1 Å². The summed E-state index contributed by atoms with van der Waals surface area (Å²) in [6.45, 7) is 7.67. The normalized spacial score (nSPS) is 20.6. The molecule has 0 amide bonds. The number of hydrogen-bond acceptors (Lipinski definition) is 3. The second-order valence-electron chi connectivity index (χ2n) is 5.69. The monoisotopic (exact) mass is 266 g/mol. The summed E-state index contributed by atoms with van der Waals surface area (Å²) in [6, 6.07) is 7.37. The Morgan fingerprint density at radius 2 is 1.58 bits per heavy atom. The highest BCUT2D eigenvalue weighted by Gasteiger charge is 2.51. The molecule has 3 nitrogen and oxygen atoms in total. The second kappa shape index (κ2) is 5.14. The Hall–Kier alpha value is -1.07. The number of ether oxygens (including phenoxy) is 1. The largest absolute Gasteiger partial charge is 0.494 e. The summed E-state index contributed by atoms with van der Waals surface area (Å²) in [5, 5.41) is 0. The molecular formula is C14H20BFO3.